The molecule has 0 saturated heterocycles. The molecule has 3 aromatic carbocycles. The number of halogens is 2. The van der Waals surface area contributed by atoms with E-state index in [1.165, 1.54) is 0 Å². The highest BCUT2D eigenvalue weighted by Crippen LogP contribution is 2.44. The Hall–Kier alpha value is -3.08. The number of hydrogen-bond donors (Lipinski definition) is 1. The Morgan fingerprint density at radius 2 is 1.70 bits per heavy atom. The van der Waals surface area contributed by atoms with E-state index in [1.54, 1.807) is 0 Å². The average molecular weight is 434 g/mol. The van der Waals surface area contributed by atoms with Gasteiger partial charge in [-0.3, -0.25) is 9.89 Å². The molecule has 4 nitrogen and oxygen atoms in total. The number of carbonyl (C=O) groups excluding carboxylic acids is 1. The van der Waals surface area contributed by atoms with E-state index in [9.17, 15) is 4.79 Å². The lowest BCUT2D eigenvalue weighted by atomic mass is 9.96. The van der Waals surface area contributed by atoms with Crippen LogP contribution in [0.25, 0.3) is 11.3 Å². The predicted octanol–water partition coefficient (Wildman–Crippen LogP) is 6.13. The second-order valence-electron chi connectivity index (χ2n) is 7.21. The van der Waals surface area contributed by atoms with E-state index >= 15 is 0 Å². The topological polar surface area (TPSA) is 49.0 Å². The summed E-state index contributed by atoms with van der Waals surface area (Å²) in [7, 11) is 0. The van der Waals surface area contributed by atoms with Crippen LogP contribution < -0.4 is 0 Å². The normalized spacial score (nSPS) is 15.5. The number of nitrogens with one attached hydrogen (secondary N) is 1. The molecule has 1 aliphatic heterocycles. The van der Waals surface area contributed by atoms with Crippen molar-refractivity contribution in [1.82, 2.24) is 15.1 Å². The van der Waals surface area contributed by atoms with Crippen molar-refractivity contribution in [3.8, 4) is 11.3 Å². The van der Waals surface area contributed by atoms with Gasteiger partial charge in [0, 0.05) is 27.7 Å². The van der Waals surface area contributed by atoms with E-state index < -0.39 is 0 Å². The lowest BCUT2D eigenvalue weighted by Crippen LogP contribution is -2.29. The third kappa shape index (κ3) is 3.18. The van der Waals surface area contributed by atoms with Crippen molar-refractivity contribution in [1.29, 1.82) is 0 Å². The van der Waals surface area contributed by atoms with Crippen molar-refractivity contribution >= 4 is 29.1 Å². The molecule has 1 amide bonds. The summed E-state index contributed by atoms with van der Waals surface area (Å²) in [5, 5.41) is 8.71. The van der Waals surface area contributed by atoms with Crippen LogP contribution in [0, 0.1) is 0 Å². The zero-order chi connectivity index (χ0) is 20.7. The predicted molar refractivity (Wildman–Crippen MR) is 119 cm³/mol. The Morgan fingerprint density at radius 3 is 2.47 bits per heavy atom. The van der Waals surface area contributed by atoms with E-state index in [1.807, 2.05) is 83.8 Å². The quantitative estimate of drug-likeness (QED) is 0.420. The van der Waals surface area contributed by atoms with Crippen LogP contribution in [-0.2, 0) is 6.54 Å². The summed E-state index contributed by atoms with van der Waals surface area (Å²) in [5.41, 5.74) is 4.91. The molecule has 4 aromatic rings. The molecule has 148 valence electrons. The van der Waals surface area contributed by atoms with E-state index in [2.05, 4.69) is 10.2 Å². The van der Waals surface area contributed by atoms with Gasteiger partial charge in [-0.15, -0.1) is 0 Å². The van der Waals surface area contributed by atoms with Crippen molar-refractivity contribution in [2.24, 2.45) is 0 Å². The number of rotatable bonds is 4. The minimum Gasteiger partial charge on any atom is -0.322 e. The SMILES string of the molecule is O=C1c2[nH]nc(-c3ccccc3)c2C(c2cccc(Cl)c2)N1Cc1ccccc1Cl. The highest BCUT2D eigenvalue weighted by Gasteiger charge is 2.42. The first kappa shape index (κ1) is 18.9. The van der Waals surface area contributed by atoms with Gasteiger partial charge in [-0.2, -0.15) is 5.10 Å². The van der Waals surface area contributed by atoms with Crippen LogP contribution in [0.15, 0.2) is 78.9 Å². The van der Waals surface area contributed by atoms with Crippen LogP contribution in [0.5, 0.6) is 0 Å². The first-order valence-electron chi connectivity index (χ1n) is 9.57. The van der Waals surface area contributed by atoms with Crippen molar-refractivity contribution in [2.75, 3.05) is 0 Å². The molecule has 0 radical (unpaired) electrons. The van der Waals surface area contributed by atoms with Gasteiger partial charge in [0.25, 0.3) is 5.91 Å². The molecule has 0 aliphatic carbocycles. The largest absolute Gasteiger partial charge is 0.322 e. The number of amides is 1. The summed E-state index contributed by atoms with van der Waals surface area (Å²) < 4.78 is 0. The standard InChI is InChI=1S/C24H17Cl2N3O/c25-18-11-6-10-16(13-18)23-20-21(15-7-2-1-3-8-15)27-28-22(20)24(30)29(23)14-17-9-4-5-12-19(17)26/h1-13,23H,14H2,(H,27,28). The number of aromatic amines is 1. The van der Waals surface area contributed by atoms with Crippen LogP contribution in [0.4, 0.5) is 0 Å². The summed E-state index contributed by atoms with van der Waals surface area (Å²) in [5.74, 6) is -0.107. The first-order valence-corrected chi connectivity index (χ1v) is 10.3. The fourth-order valence-corrected chi connectivity index (χ4v) is 4.40. The second-order valence-corrected chi connectivity index (χ2v) is 8.05. The third-order valence-corrected chi connectivity index (χ3v) is 5.98. The monoisotopic (exact) mass is 433 g/mol. The fourth-order valence-electron chi connectivity index (χ4n) is 4.01. The molecule has 5 rings (SSSR count). The van der Waals surface area contributed by atoms with Crippen molar-refractivity contribution < 1.29 is 4.79 Å². The maximum absolute atomic E-state index is 13.4. The lowest BCUT2D eigenvalue weighted by molar-refractivity contribution is 0.0730. The van der Waals surface area contributed by atoms with Crippen LogP contribution in [0.1, 0.15) is 33.2 Å². The molecule has 0 bridgehead atoms. The molecular weight excluding hydrogens is 417 g/mol. The molecule has 0 fully saturated rings. The minimum absolute atomic E-state index is 0.107. The molecule has 0 spiro atoms. The van der Waals surface area contributed by atoms with Gasteiger partial charge in [-0.1, -0.05) is 83.9 Å². The zero-order valence-corrected chi connectivity index (χ0v) is 17.4. The maximum atomic E-state index is 13.4. The van der Waals surface area contributed by atoms with E-state index in [4.69, 9.17) is 23.2 Å². The first-order chi connectivity index (χ1) is 14.6. The molecule has 6 heteroatoms. The minimum atomic E-state index is -0.323. The van der Waals surface area contributed by atoms with Gasteiger partial charge in [0.1, 0.15) is 5.69 Å². The van der Waals surface area contributed by atoms with Crippen molar-refractivity contribution in [3.05, 3.63) is 111 Å². The number of aromatic nitrogens is 2. The van der Waals surface area contributed by atoms with Gasteiger partial charge in [0.15, 0.2) is 0 Å². The second kappa shape index (κ2) is 7.63. The Balaban J connectivity index is 1.67. The Bertz CT molecular complexity index is 1240. The van der Waals surface area contributed by atoms with Crippen LogP contribution in [-0.4, -0.2) is 21.0 Å². The number of benzene rings is 3. The molecule has 30 heavy (non-hydrogen) atoms. The molecular formula is C24H17Cl2N3O. The maximum Gasteiger partial charge on any atom is 0.273 e. The number of nitrogens with zero attached hydrogens (tertiary/aromatic N) is 2. The summed E-state index contributed by atoms with van der Waals surface area (Å²) in [6.07, 6.45) is 0. The van der Waals surface area contributed by atoms with Gasteiger partial charge in [-0.25, -0.2) is 0 Å². The van der Waals surface area contributed by atoms with Crippen molar-refractivity contribution in [3.63, 3.8) is 0 Å². The summed E-state index contributed by atoms with van der Waals surface area (Å²) in [4.78, 5) is 15.2. The van der Waals surface area contributed by atoms with Gasteiger partial charge in [0.2, 0.25) is 0 Å². The fraction of sp³-hybridized carbons (Fsp3) is 0.0833. The highest BCUT2D eigenvalue weighted by atomic mass is 35.5. The average Bonchev–Trinajstić information content (AvgIpc) is 3.30. The molecule has 1 aromatic heterocycles. The van der Waals surface area contributed by atoms with Gasteiger partial charge in [-0.05, 0) is 29.3 Å². The smallest absolute Gasteiger partial charge is 0.273 e. The molecule has 0 saturated carbocycles. The Labute approximate surface area is 184 Å². The Morgan fingerprint density at radius 1 is 0.933 bits per heavy atom. The molecule has 1 atom stereocenters. The highest BCUT2D eigenvalue weighted by molar-refractivity contribution is 6.31. The third-order valence-electron chi connectivity index (χ3n) is 5.37. The number of hydrogen-bond acceptors (Lipinski definition) is 2. The van der Waals surface area contributed by atoms with Gasteiger partial charge >= 0.3 is 0 Å². The van der Waals surface area contributed by atoms with Gasteiger partial charge in [0.05, 0.1) is 11.7 Å². The summed E-state index contributed by atoms with van der Waals surface area (Å²) >= 11 is 12.7. The Kier molecular flexibility index (Phi) is 4.81. The molecule has 2 heterocycles. The van der Waals surface area contributed by atoms with E-state index in [0.717, 1.165) is 27.9 Å². The number of H-pyrrole nitrogens is 1. The zero-order valence-electron chi connectivity index (χ0n) is 15.8. The molecule has 1 unspecified atom stereocenters. The molecule has 1 N–H and O–H groups in total. The van der Waals surface area contributed by atoms with Crippen LogP contribution in [0.3, 0.4) is 0 Å². The van der Waals surface area contributed by atoms with Crippen LogP contribution >= 0.6 is 23.2 Å². The lowest BCUT2D eigenvalue weighted by Gasteiger charge is -2.27. The van der Waals surface area contributed by atoms with E-state index in [0.29, 0.717) is 22.3 Å². The van der Waals surface area contributed by atoms with Gasteiger partial charge < -0.3 is 4.90 Å². The van der Waals surface area contributed by atoms with Crippen molar-refractivity contribution in [2.45, 2.75) is 12.6 Å². The summed E-state index contributed by atoms with van der Waals surface area (Å²) in [6.45, 7) is 0.381. The number of fused-ring (bicyclic) bond motifs is 1. The summed E-state index contributed by atoms with van der Waals surface area (Å²) in [6, 6.07) is 24.7. The molecule has 1 aliphatic rings. The van der Waals surface area contributed by atoms with Crippen LogP contribution in [0.2, 0.25) is 10.0 Å². The van der Waals surface area contributed by atoms with E-state index in [-0.39, 0.29) is 11.9 Å². The number of carbonyl (C=O) groups is 1.